The van der Waals surface area contributed by atoms with Crippen LogP contribution in [0.2, 0.25) is 0 Å². The third kappa shape index (κ3) is 2.47. The van der Waals surface area contributed by atoms with Gasteiger partial charge in [0.1, 0.15) is 12.2 Å². The number of ether oxygens (including phenoxy) is 4. The Labute approximate surface area is 118 Å². The highest BCUT2D eigenvalue weighted by Crippen LogP contribution is 2.36. The van der Waals surface area contributed by atoms with Crippen molar-refractivity contribution < 1.29 is 24.1 Å². The number of fused-ring (bicyclic) bond motifs is 1. The standard InChI is InChI=1S/C15H20O5/c1-9-12(16)13-11(19-14(9)17-2)8-18-15(20-13)10-6-4-3-5-7-10/h3-7,9,11-16H,8H2,1-2H3/t9-,11?,12?,13+,14-,15?/m0/s1. The van der Waals surface area contributed by atoms with Crippen LogP contribution in [0.3, 0.4) is 0 Å². The van der Waals surface area contributed by atoms with Gasteiger partial charge in [-0.1, -0.05) is 37.3 Å². The van der Waals surface area contributed by atoms with Crippen LogP contribution in [0.1, 0.15) is 18.8 Å². The molecule has 2 heterocycles. The molecule has 1 aromatic carbocycles. The first-order valence-corrected chi connectivity index (χ1v) is 6.89. The van der Waals surface area contributed by atoms with E-state index in [0.29, 0.717) is 6.61 Å². The number of benzene rings is 1. The van der Waals surface area contributed by atoms with Gasteiger partial charge in [-0.05, 0) is 0 Å². The third-order valence-corrected chi connectivity index (χ3v) is 3.98. The zero-order valence-corrected chi connectivity index (χ0v) is 11.6. The van der Waals surface area contributed by atoms with Gasteiger partial charge in [-0.2, -0.15) is 0 Å². The number of hydrogen-bond acceptors (Lipinski definition) is 5. The van der Waals surface area contributed by atoms with Gasteiger partial charge < -0.3 is 24.1 Å². The van der Waals surface area contributed by atoms with Crippen LogP contribution in [0.5, 0.6) is 0 Å². The van der Waals surface area contributed by atoms with Crippen LogP contribution >= 0.6 is 0 Å². The Morgan fingerprint density at radius 1 is 1.20 bits per heavy atom. The summed E-state index contributed by atoms with van der Waals surface area (Å²) in [6.45, 7) is 2.28. The smallest absolute Gasteiger partial charge is 0.184 e. The van der Waals surface area contributed by atoms with Crippen molar-refractivity contribution >= 4 is 0 Å². The second kappa shape index (κ2) is 5.79. The maximum Gasteiger partial charge on any atom is 0.184 e. The molecule has 0 saturated carbocycles. The molecule has 2 saturated heterocycles. The van der Waals surface area contributed by atoms with Crippen molar-refractivity contribution in [3.8, 4) is 0 Å². The summed E-state index contributed by atoms with van der Waals surface area (Å²) in [4.78, 5) is 0. The Kier molecular flexibility index (Phi) is 4.05. The van der Waals surface area contributed by atoms with Gasteiger partial charge in [0.25, 0.3) is 0 Å². The van der Waals surface area contributed by atoms with Gasteiger partial charge in [0.05, 0.1) is 12.7 Å². The van der Waals surface area contributed by atoms with Crippen LogP contribution in [-0.2, 0) is 18.9 Å². The van der Waals surface area contributed by atoms with Gasteiger partial charge in [-0.25, -0.2) is 0 Å². The van der Waals surface area contributed by atoms with Crippen molar-refractivity contribution in [3.05, 3.63) is 35.9 Å². The minimum absolute atomic E-state index is 0.143. The average Bonchev–Trinajstić information content (AvgIpc) is 2.51. The lowest BCUT2D eigenvalue weighted by Crippen LogP contribution is -2.58. The Morgan fingerprint density at radius 3 is 2.65 bits per heavy atom. The molecule has 0 aromatic heterocycles. The summed E-state index contributed by atoms with van der Waals surface area (Å²) < 4.78 is 22.6. The summed E-state index contributed by atoms with van der Waals surface area (Å²) in [5, 5.41) is 10.4. The van der Waals surface area contributed by atoms with E-state index in [4.69, 9.17) is 18.9 Å². The molecule has 6 atom stereocenters. The quantitative estimate of drug-likeness (QED) is 0.889. The van der Waals surface area contributed by atoms with E-state index in [1.54, 1.807) is 7.11 Å². The van der Waals surface area contributed by atoms with E-state index >= 15 is 0 Å². The summed E-state index contributed by atoms with van der Waals surface area (Å²) in [6, 6.07) is 9.71. The molecule has 3 rings (SSSR count). The Hall–Kier alpha value is -0.980. The van der Waals surface area contributed by atoms with E-state index < -0.39 is 24.8 Å². The number of aliphatic hydroxyl groups is 1. The van der Waals surface area contributed by atoms with Gasteiger partial charge in [0, 0.05) is 18.6 Å². The van der Waals surface area contributed by atoms with Crippen LogP contribution in [0.4, 0.5) is 0 Å². The molecule has 3 unspecified atom stereocenters. The second-order valence-corrected chi connectivity index (χ2v) is 5.30. The molecule has 110 valence electrons. The second-order valence-electron chi connectivity index (χ2n) is 5.30. The van der Waals surface area contributed by atoms with Gasteiger partial charge in [-0.15, -0.1) is 0 Å². The molecule has 0 spiro atoms. The molecule has 2 fully saturated rings. The molecule has 5 nitrogen and oxygen atoms in total. The van der Waals surface area contributed by atoms with Crippen molar-refractivity contribution in [1.29, 1.82) is 0 Å². The van der Waals surface area contributed by atoms with E-state index in [9.17, 15) is 5.11 Å². The Balaban J connectivity index is 1.74. The number of aliphatic hydroxyl groups excluding tert-OH is 1. The van der Waals surface area contributed by atoms with E-state index in [1.807, 2.05) is 37.3 Å². The van der Waals surface area contributed by atoms with Crippen molar-refractivity contribution in [3.63, 3.8) is 0 Å². The lowest BCUT2D eigenvalue weighted by Gasteiger charge is -2.46. The van der Waals surface area contributed by atoms with Crippen molar-refractivity contribution in [1.82, 2.24) is 0 Å². The number of rotatable bonds is 2. The summed E-state index contributed by atoms with van der Waals surface area (Å²) >= 11 is 0. The van der Waals surface area contributed by atoms with Gasteiger partial charge in [0.2, 0.25) is 0 Å². The van der Waals surface area contributed by atoms with Crippen LogP contribution in [0, 0.1) is 5.92 Å². The third-order valence-electron chi connectivity index (χ3n) is 3.98. The topological polar surface area (TPSA) is 57.2 Å². The molecule has 2 aliphatic rings. The zero-order chi connectivity index (χ0) is 14.1. The Morgan fingerprint density at radius 2 is 1.95 bits per heavy atom. The van der Waals surface area contributed by atoms with E-state index in [2.05, 4.69) is 0 Å². The van der Waals surface area contributed by atoms with E-state index in [-0.39, 0.29) is 12.0 Å². The van der Waals surface area contributed by atoms with Crippen LogP contribution in [0.25, 0.3) is 0 Å². The predicted octanol–water partition coefficient (Wildman–Crippen LogP) is 1.47. The molecule has 0 amide bonds. The summed E-state index contributed by atoms with van der Waals surface area (Å²) in [5.74, 6) is -0.143. The first-order chi connectivity index (χ1) is 9.70. The first kappa shape index (κ1) is 14.0. The predicted molar refractivity (Wildman–Crippen MR) is 70.8 cm³/mol. The SMILES string of the molecule is CO[C@H]1OC2COC(c3ccccc3)O[C@H]2C(O)[C@@H]1C. The van der Waals surface area contributed by atoms with Gasteiger partial charge >= 0.3 is 0 Å². The summed E-state index contributed by atoms with van der Waals surface area (Å²) in [5.41, 5.74) is 0.944. The first-order valence-electron chi connectivity index (χ1n) is 6.89. The molecule has 0 radical (unpaired) electrons. The molecular formula is C15H20O5. The monoisotopic (exact) mass is 280 g/mol. The molecule has 20 heavy (non-hydrogen) atoms. The highest BCUT2D eigenvalue weighted by Gasteiger charge is 2.47. The van der Waals surface area contributed by atoms with Gasteiger partial charge in [0.15, 0.2) is 12.6 Å². The normalized spacial score (nSPS) is 41.1. The number of methoxy groups -OCH3 is 1. The number of hydrogen-bond donors (Lipinski definition) is 1. The molecular weight excluding hydrogens is 260 g/mol. The maximum atomic E-state index is 10.4. The van der Waals surface area contributed by atoms with Crippen LogP contribution in [0.15, 0.2) is 30.3 Å². The zero-order valence-electron chi connectivity index (χ0n) is 11.6. The highest BCUT2D eigenvalue weighted by molar-refractivity contribution is 5.16. The van der Waals surface area contributed by atoms with Crippen molar-refractivity contribution in [2.75, 3.05) is 13.7 Å². The largest absolute Gasteiger partial charge is 0.390 e. The van der Waals surface area contributed by atoms with Crippen LogP contribution < -0.4 is 0 Å². The molecule has 1 N–H and O–H groups in total. The summed E-state index contributed by atoms with van der Waals surface area (Å²) in [7, 11) is 1.57. The van der Waals surface area contributed by atoms with Crippen LogP contribution in [-0.4, -0.2) is 43.4 Å². The Bertz CT molecular complexity index is 435. The van der Waals surface area contributed by atoms with Crippen molar-refractivity contribution in [2.24, 2.45) is 5.92 Å². The van der Waals surface area contributed by atoms with Gasteiger partial charge in [-0.3, -0.25) is 0 Å². The molecule has 0 bridgehead atoms. The minimum Gasteiger partial charge on any atom is -0.390 e. The maximum absolute atomic E-state index is 10.4. The average molecular weight is 280 g/mol. The fourth-order valence-corrected chi connectivity index (χ4v) is 2.78. The highest BCUT2D eigenvalue weighted by atomic mass is 16.7. The minimum atomic E-state index is -0.631. The lowest BCUT2D eigenvalue weighted by molar-refractivity contribution is -0.348. The molecule has 5 heteroatoms. The van der Waals surface area contributed by atoms with E-state index in [1.165, 1.54) is 0 Å². The molecule has 1 aromatic rings. The fraction of sp³-hybridized carbons (Fsp3) is 0.600. The summed E-state index contributed by atoms with van der Waals surface area (Å²) in [6.07, 6.45) is -2.20. The van der Waals surface area contributed by atoms with E-state index in [0.717, 1.165) is 5.56 Å². The van der Waals surface area contributed by atoms with Crippen molar-refractivity contribution in [2.45, 2.75) is 37.8 Å². The molecule has 2 aliphatic heterocycles. The fourth-order valence-electron chi connectivity index (χ4n) is 2.78. The molecule has 0 aliphatic carbocycles. The lowest BCUT2D eigenvalue weighted by atomic mass is 9.91.